The fourth-order valence-electron chi connectivity index (χ4n) is 4.20. The van der Waals surface area contributed by atoms with Crippen LogP contribution in [0.5, 0.6) is 0 Å². The molecule has 5 nitrogen and oxygen atoms in total. The van der Waals surface area contributed by atoms with Crippen molar-refractivity contribution in [3.05, 3.63) is 65.7 Å². The molecule has 0 amide bonds. The number of aryl methyl sites for hydroxylation is 1. The molecule has 2 atom stereocenters. The maximum atomic E-state index is 13.6. The normalized spacial score (nSPS) is 24.5. The van der Waals surface area contributed by atoms with Gasteiger partial charge in [-0.05, 0) is 62.9 Å². The third-order valence-corrected chi connectivity index (χ3v) is 7.72. The minimum atomic E-state index is -3.66. The van der Waals surface area contributed by atoms with Gasteiger partial charge in [-0.25, -0.2) is 8.42 Å². The average Bonchev–Trinajstić information content (AvgIpc) is 3.14. The van der Waals surface area contributed by atoms with Gasteiger partial charge in [-0.2, -0.15) is 4.31 Å². The number of benzene rings is 2. The lowest BCUT2D eigenvalue weighted by Crippen LogP contribution is -2.40. The summed E-state index contributed by atoms with van der Waals surface area (Å²) in [6.07, 6.45) is 2.46. The van der Waals surface area contributed by atoms with E-state index >= 15 is 0 Å². The van der Waals surface area contributed by atoms with Crippen LogP contribution in [0.3, 0.4) is 0 Å². The van der Waals surface area contributed by atoms with Gasteiger partial charge in [-0.1, -0.05) is 48.0 Å². The Balaban J connectivity index is 1.67. The first kappa shape index (κ1) is 19.6. The second-order valence-corrected chi connectivity index (χ2v) is 9.63. The van der Waals surface area contributed by atoms with Gasteiger partial charge in [0, 0.05) is 0 Å². The van der Waals surface area contributed by atoms with Crippen molar-refractivity contribution in [2.75, 3.05) is 19.7 Å². The summed E-state index contributed by atoms with van der Waals surface area (Å²) < 4.78 is 34.9. The van der Waals surface area contributed by atoms with Gasteiger partial charge in [0.25, 0.3) is 0 Å². The molecular formula is C22H28N2O3S. The molecule has 0 aliphatic carbocycles. The topological polar surface area (TPSA) is 58.6 Å². The van der Waals surface area contributed by atoms with E-state index in [0.717, 1.165) is 43.5 Å². The number of nitrogens with zero attached hydrogens (tertiary/aromatic N) is 1. The molecule has 150 valence electrons. The maximum Gasteiger partial charge on any atom is 0.245 e. The highest BCUT2D eigenvalue weighted by Gasteiger charge is 2.44. The molecule has 1 N–H and O–H groups in total. The maximum absolute atomic E-state index is 13.6. The van der Waals surface area contributed by atoms with E-state index in [1.54, 1.807) is 16.4 Å². The van der Waals surface area contributed by atoms with E-state index < -0.39 is 16.3 Å². The lowest BCUT2D eigenvalue weighted by molar-refractivity contribution is 0.0426. The molecule has 28 heavy (non-hydrogen) atoms. The van der Waals surface area contributed by atoms with Crippen molar-refractivity contribution in [2.24, 2.45) is 5.92 Å². The number of ether oxygens (including phenoxy) is 1. The van der Waals surface area contributed by atoms with Gasteiger partial charge < -0.3 is 10.1 Å². The largest absolute Gasteiger partial charge is 0.360 e. The average molecular weight is 401 g/mol. The Morgan fingerprint density at radius 3 is 2.39 bits per heavy atom. The third kappa shape index (κ3) is 4.01. The molecule has 6 heteroatoms. The van der Waals surface area contributed by atoms with Crippen LogP contribution in [0.4, 0.5) is 0 Å². The number of sulfonamides is 1. The van der Waals surface area contributed by atoms with E-state index in [-0.39, 0.29) is 6.04 Å². The zero-order chi connectivity index (χ0) is 19.6. The second kappa shape index (κ2) is 8.33. The van der Waals surface area contributed by atoms with E-state index in [9.17, 15) is 8.42 Å². The van der Waals surface area contributed by atoms with Crippen LogP contribution in [-0.4, -0.2) is 38.6 Å². The smallest absolute Gasteiger partial charge is 0.245 e. The Morgan fingerprint density at radius 2 is 1.71 bits per heavy atom. The molecule has 0 radical (unpaired) electrons. The zero-order valence-electron chi connectivity index (χ0n) is 16.3. The number of hydrogen-bond acceptors (Lipinski definition) is 4. The summed E-state index contributed by atoms with van der Waals surface area (Å²) in [5.41, 5.74) is 2.02. The van der Waals surface area contributed by atoms with Crippen molar-refractivity contribution in [2.45, 2.75) is 43.4 Å². The Bertz CT molecular complexity index is 878. The summed E-state index contributed by atoms with van der Waals surface area (Å²) in [6, 6.07) is 16.6. The minimum absolute atomic E-state index is 0.292. The molecule has 2 saturated heterocycles. The van der Waals surface area contributed by atoms with Gasteiger partial charge in [0.05, 0.1) is 17.5 Å². The molecular weight excluding hydrogens is 372 g/mol. The van der Waals surface area contributed by atoms with Gasteiger partial charge in [0.1, 0.15) is 6.23 Å². The molecule has 0 spiro atoms. The Labute approximate surface area is 167 Å². The first-order valence-corrected chi connectivity index (χ1v) is 11.5. The number of nitrogens with one attached hydrogen (secondary N) is 1. The zero-order valence-corrected chi connectivity index (χ0v) is 17.1. The van der Waals surface area contributed by atoms with Crippen LogP contribution < -0.4 is 5.32 Å². The first-order chi connectivity index (χ1) is 13.6. The van der Waals surface area contributed by atoms with Crippen molar-refractivity contribution in [1.82, 2.24) is 9.62 Å². The lowest BCUT2D eigenvalue weighted by Gasteiger charge is -2.31. The third-order valence-electron chi connectivity index (χ3n) is 5.81. The minimum Gasteiger partial charge on any atom is -0.360 e. The lowest BCUT2D eigenvalue weighted by atomic mass is 9.94. The van der Waals surface area contributed by atoms with Crippen molar-refractivity contribution >= 4 is 10.0 Å². The summed E-state index contributed by atoms with van der Waals surface area (Å²) in [6.45, 7) is 4.33. The van der Waals surface area contributed by atoms with E-state index in [0.29, 0.717) is 17.4 Å². The standard InChI is InChI=1S/C22H28N2O3S/c1-17-7-9-20(10-8-17)28(25,26)24-21(19-5-3-2-4-6-19)16-27-22(24)15-18-11-13-23-14-12-18/h2-10,18,21-23H,11-16H2,1H3/t21-,22-/m0/s1. The van der Waals surface area contributed by atoms with Crippen LogP contribution in [0.1, 0.15) is 36.4 Å². The summed E-state index contributed by atoms with van der Waals surface area (Å²) in [5.74, 6) is 0.483. The molecule has 2 aromatic rings. The Hall–Kier alpha value is -1.73. The summed E-state index contributed by atoms with van der Waals surface area (Å²) >= 11 is 0. The van der Waals surface area contributed by atoms with Gasteiger partial charge in [0.2, 0.25) is 10.0 Å². The predicted octanol–water partition coefficient (Wildman–Crippen LogP) is 3.47. The predicted molar refractivity (Wildman–Crippen MR) is 109 cm³/mol. The monoisotopic (exact) mass is 400 g/mol. The molecule has 0 aromatic heterocycles. The quantitative estimate of drug-likeness (QED) is 0.835. The van der Waals surface area contributed by atoms with Gasteiger partial charge in [-0.3, -0.25) is 0 Å². The molecule has 2 aromatic carbocycles. The van der Waals surface area contributed by atoms with Crippen LogP contribution in [0.25, 0.3) is 0 Å². The molecule has 2 aliphatic heterocycles. The summed E-state index contributed by atoms with van der Waals surface area (Å²) in [4.78, 5) is 0.333. The van der Waals surface area contributed by atoms with Crippen LogP contribution in [-0.2, 0) is 14.8 Å². The number of rotatable bonds is 5. The highest BCUT2D eigenvalue weighted by atomic mass is 32.2. The molecule has 0 bridgehead atoms. The number of piperidine rings is 1. The highest BCUT2D eigenvalue weighted by Crippen LogP contribution is 2.38. The van der Waals surface area contributed by atoms with Crippen LogP contribution in [0.2, 0.25) is 0 Å². The molecule has 2 aliphatic rings. The van der Waals surface area contributed by atoms with Gasteiger partial charge in [0.15, 0.2) is 0 Å². The highest BCUT2D eigenvalue weighted by molar-refractivity contribution is 7.89. The summed E-state index contributed by atoms with van der Waals surface area (Å²) in [7, 11) is -3.66. The molecule has 0 saturated carbocycles. The first-order valence-electron chi connectivity index (χ1n) is 10.0. The van der Waals surface area contributed by atoms with E-state index in [4.69, 9.17) is 4.74 Å². The fraction of sp³-hybridized carbons (Fsp3) is 0.455. The van der Waals surface area contributed by atoms with E-state index in [1.165, 1.54) is 0 Å². The molecule has 2 fully saturated rings. The molecule has 4 rings (SSSR count). The Kier molecular flexibility index (Phi) is 5.83. The van der Waals surface area contributed by atoms with Crippen LogP contribution in [0.15, 0.2) is 59.5 Å². The van der Waals surface area contributed by atoms with Crippen molar-refractivity contribution in [1.29, 1.82) is 0 Å². The van der Waals surface area contributed by atoms with Crippen molar-refractivity contribution in [3.63, 3.8) is 0 Å². The van der Waals surface area contributed by atoms with Crippen molar-refractivity contribution in [3.8, 4) is 0 Å². The second-order valence-electron chi connectivity index (χ2n) is 7.79. The van der Waals surface area contributed by atoms with Crippen LogP contribution >= 0.6 is 0 Å². The molecule has 0 unspecified atom stereocenters. The molecule has 2 heterocycles. The van der Waals surface area contributed by atoms with Crippen LogP contribution in [0, 0.1) is 12.8 Å². The SMILES string of the molecule is Cc1ccc(S(=O)(=O)N2[C@H](CC3CCNCC3)OC[C@H]2c2ccccc2)cc1. The summed E-state index contributed by atoms with van der Waals surface area (Å²) in [5, 5.41) is 3.37. The van der Waals surface area contributed by atoms with E-state index in [1.807, 2.05) is 49.4 Å². The fourth-order valence-corrected chi connectivity index (χ4v) is 5.89. The Morgan fingerprint density at radius 1 is 1.04 bits per heavy atom. The number of hydrogen-bond donors (Lipinski definition) is 1. The van der Waals surface area contributed by atoms with Gasteiger partial charge >= 0.3 is 0 Å². The van der Waals surface area contributed by atoms with Gasteiger partial charge in [-0.15, -0.1) is 0 Å². The van der Waals surface area contributed by atoms with Crippen molar-refractivity contribution < 1.29 is 13.2 Å². The van der Waals surface area contributed by atoms with E-state index in [2.05, 4.69) is 5.32 Å².